The molecule has 0 unspecified atom stereocenters. The lowest BCUT2D eigenvalue weighted by Gasteiger charge is -2.28. The van der Waals surface area contributed by atoms with Gasteiger partial charge in [-0.15, -0.1) is 0 Å². The second-order valence-electron chi connectivity index (χ2n) is 10.9. The zero-order valence-electron chi connectivity index (χ0n) is 23.4. The van der Waals surface area contributed by atoms with Crippen LogP contribution in [0.25, 0.3) is 0 Å². The van der Waals surface area contributed by atoms with Crippen molar-refractivity contribution in [2.75, 3.05) is 19.7 Å². The number of para-hydroxylation sites is 1. The lowest BCUT2D eigenvalue weighted by atomic mass is 10.0. The van der Waals surface area contributed by atoms with Crippen molar-refractivity contribution >= 4 is 23.6 Å². The third-order valence-electron chi connectivity index (χ3n) is 7.61. The van der Waals surface area contributed by atoms with Crippen LogP contribution < -0.4 is 20.7 Å². The van der Waals surface area contributed by atoms with E-state index in [0.29, 0.717) is 30.8 Å². The summed E-state index contributed by atoms with van der Waals surface area (Å²) in [6, 6.07) is 15.1. The Kier molecular flexibility index (Phi) is 10.2. The molecule has 1 saturated heterocycles. The van der Waals surface area contributed by atoms with Crippen LogP contribution in [-0.4, -0.2) is 66.4 Å². The van der Waals surface area contributed by atoms with E-state index in [0.717, 1.165) is 19.3 Å². The van der Waals surface area contributed by atoms with E-state index in [-0.39, 0.29) is 49.1 Å². The van der Waals surface area contributed by atoms with Gasteiger partial charge in [0.2, 0.25) is 17.7 Å². The monoisotopic (exact) mass is 548 g/mol. The van der Waals surface area contributed by atoms with Crippen LogP contribution in [-0.2, 0) is 20.8 Å². The van der Waals surface area contributed by atoms with Gasteiger partial charge in [0, 0.05) is 19.5 Å². The molecule has 1 fully saturated rings. The molecule has 4 amide bonds. The molecule has 9 heteroatoms. The highest BCUT2D eigenvalue weighted by Gasteiger charge is 2.36. The Balaban J connectivity index is 1.52. The maximum absolute atomic E-state index is 13.4. The van der Waals surface area contributed by atoms with Crippen molar-refractivity contribution in [3.8, 4) is 5.75 Å². The van der Waals surface area contributed by atoms with Gasteiger partial charge in [-0.3, -0.25) is 19.2 Å². The Hall–Kier alpha value is -3.88. The summed E-state index contributed by atoms with van der Waals surface area (Å²) in [4.78, 5) is 54.7. The van der Waals surface area contributed by atoms with E-state index < -0.39 is 18.0 Å². The SMILES string of the molecule is CC(C)[C@@H]1COc2ccccc2C(=O)N[C@H](C(=O)NCCCc2ccccc2)CCC(=O)N2CCC[C@H]2C(=O)N1. The van der Waals surface area contributed by atoms with E-state index >= 15 is 0 Å². The number of carbonyl (C=O) groups excluding carboxylic acids is 4. The Bertz CT molecular complexity index is 1190. The maximum Gasteiger partial charge on any atom is 0.255 e. The summed E-state index contributed by atoms with van der Waals surface area (Å²) in [6.07, 6.45) is 3.05. The highest BCUT2D eigenvalue weighted by molar-refractivity contribution is 5.99. The van der Waals surface area contributed by atoms with Gasteiger partial charge in [-0.25, -0.2) is 0 Å². The summed E-state index contributed by atoms with van der Waals surface area (Å²) in [5.41, 5.74) is 1.48. The molecule has 3 atom stereocenters. The lowest BCUT2D eigenvalue weighted by molar-refractivity contribution is -0.139. The number of amides is 4. The van der Waals surface area contributed by atoms with Crippen molar-refractivity contribution in [2.45, 2.75) is 70.5 Å². The second kappa shape index (κ2) is 14.0. The fourth-order valence-corrected chi connectivity index (χ4v) is 5.17. The summed E-state index contributed by atoms with van der Waals surface area (Å²) >= 11 is 0. The quantitative estimate of drug-likeness (QED) is 0.480. The van der Waals surface area contributed by atoms with Gasteiger partial charge in [-0.05, 0) is 55.7 Å². The average Bonchev–Trinajstić information content (AvgIpc) is 3.45. The summed E-state index contributed by atoms with van der Waals surface area (Å²) < 4.78 is 6.05. The zero-order chi connectivity index (χ0) is 28.5. The highest BCUT2D eigenvalue weighted by Crippen LogP contribution is 2.22. The molecule has 9 nitrogen and oxygen atoms in total. The Morgan fingerprint density at radius 1 is 1.02 bits per heavy atom. The molecule has 0 radical (unpaired) electrons. The van der Waals surface area contributed by atoms with Gasteiger partial charge in [0.1, 0.15) is 24.4 Å². The predicted molar refractivity (Wildman–Crippen MR) is 152 cm³/mol. The van der Waals surface area contributed by atoms with Crippen LogP contribution in [0.2, 0.25) is 0 Å². The Morgan fingerprint density at radius 3 is 2.55 bits per heavy atom. The molecular weight excluding hydrogens is 508 g/mol. The van der Waals surface area contributed by atoms with Crippen LogP contribution in [0.5, 0.6) is 5.75 Å². The summed E-state index contributed by atoms with van der Waals surface area (Å²) in [5.74, 6) is -0.741. The average molecular weight is 549 g/mol. The van der Waals surface area contributed by atoms with Crippen molar-refractivity contribution in [1.29, 1.82) is 0 Å². The van der Waals surface area contributed by atoms with Crippen LogP contribution in [0, 0.1) is 5.92 Å². The smallest absolute Gasteiger partial charge is 0.255 e. The minimum Gasteiger partial charge on any atom is -0.491 e. The van der Waals surface area contributed by atoms with Gasteiger partial charge < -0.3 is 25.6 Å². The normalized spacial score (nSPS) is 22.2. The third-order valence-corrected chi connectivity index (χ3v) is 7.61. The molecule has 40 heavy (non-hydrogen) atoms. The molecule has 214 valence electrons. The van der Waals surface area contributed by atoms with Crippen LogP contribution in [0.4, 0.5) is 0 Å². The van der Waals surface area contributed by atoms with Crippen molar-refractivity contribution < 1.29 is 23.9 Å². The van der Waals surface area contributed by atoms with Crippen molar-refractivity contribution in [2.24, 2.45) is 5.92 Å². The summed E-state index contributed by atoms with van der Waals surface area (Å²) in [7, 11) is 0. The minimum atomic E-state index is -0.912. The van der Waals surface area contributed by atoms with Gasteiger partial charge in [0.25, 0.3) is 5.91 Å². The van der Waals surface area contributed by atoms with Crippen LogP contribution >= 0.6 is 0 Å². The number of fused-ring (bicyclic) bond motifs is 2. The van der Waals surface area contributed by atoms with Crippen LogP contribution in [0.1, 0.15) is 61.9 Å². The fourth-order valence-electron chi connectivity index (χ4n) is 5.17. The summed E-state index contributed by atoms with van der Waals surface area (Å²) in [5, 5.41) is 8.83. The zero-order valence-corrected chi connectivity index (χ0v) is 23.4. The second-order valence-corrected chi connectivity index (χ2v) is 10.9. The maximum atomic E-state index is 13.4. The molecule has 2 aromatic carbocycles. The van der Waals surface area contributed by atoms with E-state index in [9.17, 15) is 19.2 Å². The molecule has 3 N–H and O–H groups in total. The number of rotatable bonds is 6. The number of nitrogens with zero attached hydrogens (tertiary/aromatic N) is 1. The van der Waals surface area contributed by atoms with Gasteiger partial charge in [-0.1, -0.05) is 56.3 Å². The van der Waals surface area contributed by atoms with E-state index in [2.05, 4.69) is 16.0 Å². The van der Waals surface area contributed by atoms with Crippen LogP contribution in [0.3, 0.4) is 0 Å². The minimum absolute atomic E-state index is 0.0396. The van der Waals surface area contributed by atoms with Crippen LogP contribution in [0.15, 0.2) is 54.6 Å². The third kappa shape index (κ3) is 7.61. The first-order valence-electron chi connectivity index (χ1n) is 14.3. The summed E-state index contributed by atoms with van der Waals surface area (Å²) in [6.45, 7) is 5.08. The molecule has 4 rings (SSSR count). The van der Waals surface area contributed by atoms with Gasteiger partial charge >= 0.3 is 0 Å². The Morgan fingerprint density at radius 2 is 1.77 bits per heavy atom. The van der Waals surface area contributed by atoms with Crippen molar-refractivity contribution in [1.82, 2.24) is 20.9 Å². The molecular formula is C31H40N4O5. The molecule has 0 aliphatic carbocycles. The molecule has 0 saturated carbocycles. The number of hydrogen-bond donors (Lipinski definition) is 3. The molecule has 2 aromatic rings. The fraction of sp³-hybridized carbons (Fsp3) is 0.484. The molecule has 0 spiro atoms. The number of hydrogen-bond acceptors (Lipinski definition) is 5. The first-order chi connectivity index (χ1) is 19.3. The van der Waals surface area contributed by atoms with E-state index in [1.54, 1.807) is 29.2 Å². The number of ether oxygens (including phenoxy) is 1. The highest BCUT2D eigenvalue weighted by atomic mass is 16.5. The largest absolute Gasteiger partial charge is 0.491 e. The first-order valence-corrected chi connectivity index (χ1v) is 14.3. The topological polar surface area (TPSA) is 117 Å². The Labute approximate surface area is 236 Å². The lowest BCUT2D eigenvalue weighted by Crippen LogP contribution is -2.52. The molecule has 0 aromatic heterocycles. The van der Waals surface area contributed by atoms with E-state index in [1.165, 1.54) is 5.56 Å². The number of nitrogens with one attached hydrogen (secondary N) is 3. The molecule has 0 bridgehead atoms. The molecule has 2 aliphatic heterocycles. The first kappa shape index (κ1) is 29.1. The number of carbonyl (C=O) groups is 4. The van der Waals surface area contributed by atoms with Crippen molar-refractivity contribution in [3.05, 3.63) is 65.7 Å². The molecule has 2 aliphatic rings. The van der Waals surface area contributed by atoms with Gasteiger partial charge in [0.05, 0.1) is 11.6 Å². The van der Waals surface area contributed by atoms with Gasteiger partial charge in [0.15, 0.2) is 0 Å². The number of aryl methyl sites for hydroxylation is 1. The van der Waals surface area contributed by atoms with Gasteiger partial charge in [-0.2, -0.15) is 0 Å². The van der Waals surface area contributed by atoms with E-state index in [1.807, 2.05) is 44.2 Å². The standard InChI is InChI=1S/C31H40N4O5/c1-21(2)25-20-40-27-15-7-6-13-23(27)29(37)33-24(30(38)32-18-8-12-22-10-4-3-5-11-22)16-17-28(36)35-19-9-14-26(35)31(39)34-25/h3-7,10-11,13,15,21,24-26H,8-9,12,14,16-20H2,1-2H3,(H,32,38)(H,33,37)(H,34,39)/t24-,25-,26-/m0/s1. The number of benzene rings is 2. The van der Waals surface area contributed by atoms with E-state index in [4.69, 9.17) is 4.74 Å². The predicted octanol–water partition coefficient (Wildman–Crippen LogP) is 2.84. The van der Waals surface area contributed by atoms with Crippen molar-refractivity contribution in [3.63, 3.8) is 0 Å². The molecule has 2 heterocycles.